The van der Waals surface area contributed by atoms with Crippen molar-refractivity contribution in [2.75, 3.05) is 0 Å². The molecule has 0 bridgehead atoms. The van der Waals surface area contributed by atoms with Crippen LogP contribution in [0, 0.1) is 0 Å². The highest BCUT2D eigenvalue weighted by molar-refractivity contribution is 6.20. The normalized spacial score (nSPS) is 12.4. The molecule has 0 aromatic rings. The topological polar surface area (TPSA) is 35.5 Å². The van der Waals surface area contributed by atoms with Crippen LogP contribution in [0.15, 0.2) is 0 Å². The maximum absolute atomic E-state index is 9.96. The van der Waals surface area contributed by atoms with Crippen LogP contribution in [-0.2, 0) is 9.03 Å². The predicted molar refractivity (Wildman–Crippen MR) is 28.7 cm³/mol. The van der Waals surface area contributed by atoms with Crippen LogP contribution in [0.1, 0.15) is 6.92 Å². The fraction of sp³-hybridized carbons (Fsp3) is 0.667. The van der Waals surface area contributed by atoms with Crippen LogP contribution in [0.2, 0.25) is 0 Å². The Balaban J connectivity index is 3.25. The van der Waals surface area contributed by atoms with Gasteiger partial charge in [0.05, 0.1) is 0 Å². The molecule has 0 aliphatic rings. The summed E-state index contributed by atoms with van der Waals surface area (Å²) in [5, 5.41) is 0. The van der Waals surface area contributed by atoms with Crippen molar-refractivity contribution in [2.24, 2.45) is 0 Å². The molecule has 0 spiro atoms. The summed E-state index contributed by atoms with van der Waals surface area (Å²) in [5.74, 6) is 0. The van der Waals surface area contributed by atoms with Crippen LogP contribution in [0.3, 0.4) is 0 Å². The van der Waals surface area contributed by atoms with Gasteiger partial charge in [-0.25, -0.2) is 4.79 Å². The van der Waals surface area contributed by atoms with Crippen molar-refractivity contribution in [1.82, 2.24) is 0 Å². The molecule has 0 rings (SSSR count). The number of hydrogen-bond acceptors (Lipinski definition) is 3. The molecule has 48 valence electrons. The molecule has 8 heavy (non-hydrogen) atoms. The number of halogens is 2. The summed E-state index contributed by atoms with van der Waals surface area (Å²) in [4.78, 5) is 9.96. The monoisotopic (exact) mass is 158 g/mol. The lowest BCUT2D eigenvalue weighted by molar-refractivity contribution is 0.0959. The summed E-state index contributed by atoms with van der Waals surface area (Å²) >= 11 is 9.73. The second-order valence-electron chi connectivity index (χ2n) is 0.988. The molecule has 0 amide bonds. The molecule has 3 nitrogen and oxygen atoms in total. The fourth-order valence-corrected chi connectivity index (χ4v) is 0.260. The number of carbonyl (C=O) groups is 1. The molecule has 5 heteroatoms. The van der Waals surface area contributed by atoms with Crippen LogP contribution >= 0.6 is 23.5 Å². The van der Waals surface area contributed by atoms with Gasteiger partial charge in [0.2, 0.25) is 0 Å². The van der Waals surface area contributed by atoms with Gasteiger partial charge < -0.3 is 9.03 Å². The Hall–Kier alpha value is -0.150. The van der Waals surface area contributed by atoms with Gasteiger partial charge in [-0.15, -0.1) is 0 Å². The quantitative estimate of drug-likeness (QED) is 0.432. The van der Waals surface area contributed by atoms with Gasteiger partial charge in [0, 0.05) is 0 Å². The zero-order valence-corrected chi connectivity index (χ0v) is 5.57. The second kappa shape index (κ2) is 3.80. The maximum Gasteiger partial charge on any atom is 0.528 e. The molecule has 0 aromatic heterocycles. The minimum atomic E-state index is -0.992. The highest BCUT2D eigenvalue weighted by Crippen LogP contribution is 1.98. The van der Waals surface area contributed by atoms with E-state index in [1.807, 2.05) is 0 Å². The second-order valence-corrected chi connectivity index (χ2v) is 1.76. The Labute approximate surface area is 56.6 Å². The van der Waals surface area contributed by atoms with Crippen LogP contribution in [0.4, 0.5) is 4.79 Å². The summed E-state index contributed by atoms with van der Waals surface area (Å²) in [6.07, 6.45) is -0.992. The van der Waals surface area contributed by atoms with E-state index in [1.54, 1.807) is 0 Å². The minimum Gasteiger partial charge on any atom is -0.414 e. The first kappa shape index (κ1) is 7.85. The Morgan fingerprint density at radius 3 is 2.38 bits per heavy atom. The molecule has 0 aliphatic carbocycles. The van der Waals surface area contributed by atoms with Gasteiger partial charge >= 0.3 is 6.16 Å². The number of hydrogen-bond donors (Lipinski definition) is 0. The number of ether oxygens (including phenoxy) is 1. The lowest BCUT2D eigenvalue weighted by Crippen LogP contribution is -2.06. The molecule has 0 radical (unpaired) electrons. The third-order valence-corrected chi connectivity index (χ3v) is 0.537. The van der Waals surface area contributed by atoms with E-state index in [2.05, 4.69) is 20.9 Å². The molecule has 0 saturated carbocycles. The van der Waals surface area contributed by atoms with E-state index >= 15 is 0 Å². The Kier molecular flexibility index (Phi) is 3.73. The molecule has 0 fully saturated rings. The summed E-state index contributed by atoms with van der Waals surface area (Å²) in [7, 11) is 0. The number of rotatable bonds is 1. The summed E-state index contributed by atoms with van der Waals surface area (Å²) in [6, 6.07) is 0. The first-order chi connectivity index (χ1) is 3.66. The van der Waals surface area contributed by atoms with Gasteiger partial charge in [0.1, 0.15) is 11.9 Å². The van der Waals surface area contributed by atoms with Crippen molar-refractivity contribution in [3.63, 3.8) is 0 Å². The first-order valence-electron chi connectivity index (χ1n) is 1.80. The van der Waals surface area contributed by atoms with Gasteiger partial charge in [-0.2, -0.15) is 0 Å². The molecule has 0 aliphatic heterocycles. The molecule has 1 atom stereocenters. The van der Waals surface area contributed by atoms with E-state index in [1.165, 1.54) is 6.92 Å². The predicted octanol–water partition coefficient (Wildman–Crippen LogP) is 1.88. The third kappa shape index (κ3) is 4.02. The van der Waals surface area contributed by atoms with Crippen LogP contribution in [0.25, 0.3) is 0 Å². The van der Waals surface area contributed by atoms with Crippen molar-refractivity contribution in [3.05, 3.63) is 0 Å². The minimum absolute atomic E-state index is 0.707. The van der Waals surface area contributed by atoms with E-state index in [-0.39, 0.29) is 0 Å². The van der Waals surface area contributed by atoms with E-state index in [4.69, 9.17) is 11.6 Å². The summed E-state index contributed by atoms with van der Waals surface area (Å²) in [5.41, 5.74) is -0.707. The van der Waals surface area contributed by atoms with Crippen LogP contribution in [-0.4, -0.2) is 11.7 Å². The first-order valence-corrected chi connectivity index (χ1v) is 2.54. The van der Waals surface area contributed by atoms with Gasteiger partial charge in [-0.1, -0.05) is 11.6 Å². The average Bonchev–Trinajstić information content (AvgIpc) is 1.65. The lowest BCUT2D eigenvalue weighted by atomic mass is 10.9. The SMILES string of the molecule is CC(Cl)OC(=O)OCl. The van der Waals surface area contributed by atoms with Gasteiger partial charge in [-0.05, 0) is 6.92 Å². The summed E-state index contributed by atoms with van der Waals surface area (Å²) < 4.78 is 7.76. The van der Waals surface area contributed by atoms with Gasteiger partial charge in [-0.3, -0.25) is 0 Å². The molecule has 0 aromatic carbocycles. The Morgan fingerprint density at radius 1 is 1.75 bits per heavy atom. The molecule has 0 heterocycles. The van der Waals surface area contributed by atoms with Crippen molar-refractivity contribution in [3.8, 4) is 0 Å². The van der Waals surface area contributed by atoms with Crippen molar-refractivity contribution in [1.29, 1.82) is 0 Å². The molecular weight excluding hydrogens is 155 g/mol. The summed E-state index contributed by atoms with van der Waals surface area (Å²) in [6.45, 7) is 1.47. The molecule has 1 unspecified atom stereocenters. The third-order valence-electron chi connectivity index (χ3n) is 0.322. The smallest absolute Gasteiger partial charge is 0.414 e. The van der Waals surface area contributed by atoms with E-state index in [9.17, 15) is 4.79 Å². The van der Waals surface area contributed by atoms with E-state index in [0.717, 1.165) is 0 Å². The highest BCUT2D eigenvalue weighted by Gasteiger charge is 2.04. The van der Waals surface area contributed by atoms with Crippen molar-refractivity contribution < 1.29 is 13.8 Å². The van der Waals surface area contributed by atoms with E-state index < -0.39 is 11.7 Å². The molecular formula is C3H4Cl2O3. The average molecular weight is 159 g/mol. The standard InChI is InChI=1S/C3H4Cl2O3/c1-2(4)7-3(6)8-5/h2H,1H3. The largest absolute Gasteiger partial charge is 0.528 e. The van der Waals surface area contributed by atoms with Crippen molar-refractivity contribution >= 4 is 29.6 Å². The van der Waals surface area contributed by atoms with Crippen molar-refractivity contribution in [2.45, 2.75) is 12.5 Å². The van der Waals surface area contributed by atoms with Crippen LogP contribution < -0.4 is 0 Å². The molecule has 0 saturated heterocycles. The fourth-order valence-electron chi connectivity index (χ4n) is 0.151. The Bertz CT molecular complexity index is 82.6. The Morgan fingerprint density at radius 2 is 2.25 bits per heavy atom. The lowest BCUT2D eigenvalue weighted by Gasteiger charge is -1.99. The van der Waals surface area contributed by atoms with Gasteiger partial charge in [0.15, 0.2) is 5.56 Å². The molecule has 0 N–H and O–H groups in total. The maximum atomic E-state index is 9.96. The number of alkyl halides is 1. The number of carbonyl (C=O) groups excluding carboxylic acids is 1. The van der Waals surface area contributed by atoms with Gasteiger partial charge in [0.25, 0.3) is 0 Å². The zero-order valence-electron chi connectivity index (χ0n) is 4.06. The van der Waals surface area contributed by atoms with E-state index in [0.29, 0.717) is 0 Å². The highest BCUT2D eigenvalue weighted by atomic mass is 35.5. The van der Waals surface area contributed by atoms with Crippen LogP contribution in [0.5, 0.6) is 0 Å². The zero-order chi connectivity index (χ0) is 6.57.